The summed E-state index contributed by atoms with van der Waals surface area (Å²) < 4.78 is 16.9. The van der Waals surface area contributed by atoms with Crippen molar-refractivity contribution in [2.75, 3.05) is 7.11 Å². The summed E-state index contributed by atoms with van der Waals surface area (Å²) in [6.07, 6.45) is 1.54. The van der Waals surface area contributed by atoms with E-state index in [1.807, 2.05) is 6.92 Å². The SMILES string of the molecule is C=C(C)C(=O)OC1C2CC(C)C1OC(C)(OC)C2. The van der Waals surface area contributed by atoms with Gasteiger partial charge in [-0.2, -0.15) is 0 Å². The summed E-state index contributed by atoms with van der Waals surface area (Å²) in [5.41, 5.74) is 0.433. The van der Waals surface area contributed by atoms with Gasteiger partial charge >= 0.3 is 5.97 Å². The Hall–Kier alpha value is -0.870. The highest BCUT2D eigenvalue weighted by atomic mass is 16.7. The van der Waals surface area contributed by atoms with Crippen LogP contribution in [0.5, 0.6) is 0 Å². The van der Waals surface area contributed by atoms with Crippen LogP contribution in [0.2, 0.25) is 0 Å². The molecule has 1 heterocycles. The first-order valence-electron chi connectivity index (χ1n) is 6.46. The quantitative estimate of drug-likeness (QED) is 0.572. The summed E-state index contributed by atoms with van der Waals surface area (Å²) in [6, 6.07) is 0. The molecule has 0 N–H and O–H groups in total. The maximum Gasteiger partial charge on any atom is 0.333 e. The lowest BCUT2D eigenvalue weighted by Crippen LogP contribution is -2.49. The number of rotatable bonds is 3. The molecule has 2 bridgehead atoms. The van der Waals surface area contributed by atoms with E-state index >= 15 is 0 Å². The van der Waals surface area contributed by atoms with E-state index in [1.165, 1.54) is 0 Å². The first kappa shape index (κ1) is 13.6. The Labute approximate surface area is 108 Å². The van der Waals surface area contributed by atoms with Crippen LogP contribution in [0.4, 0.5) is 0 Å². The molecule has 1 saturated carbocycles. The average Bonchev–Trinajstić information content (AvgIpc) is 2.49. The molecule has 2 rings (SSSR count). The second-order valence-electron chi connectivity index (χ2n) is 5.75. The van der Waals surface area contributed by atoms with Crippen LogP contribution in [0.15, 0.2) is 12.2 Å². The summed E-state index contributed by atoms with van der Waals surface area (Å²) >= 11 is 0. The molecule has 2 aliphatic rings. The Morgan fingerprint density at radius 2 is 2.17 bits per heavy atom. The number of carbonyl (C=O) groups is 1. The fraction of sp³-hybridized carbons (Fsp3) is 0.786. The summed E-state index contributed by atoms with van der Waals surface area (Å²) in [5, 5.41) is 0. The molecule has 0 amide bonds. The maximum absolute atomic E-state index is 11.7. The molecular formula is C14H22O4. The number of carbonyl (C=O) groups excluding carboxylic acids is 1. The molecular weight excluding hydrogens is 232 g/mol. The Bertz CT molecular complexity index is 365. The van der Waals surface area contributed by atoms with Crippen LogP contribution in [-0.4, -0.2) is 31.1 Å². The molecule has 0 aromatic carbocycles. The first-order chi connectivity index (χ1) is 8.36. The van der Waals surface area contributed by atoms with Gasteiger partial charge in [-0.3, -0.25) is 0 Å². The molecule has 4 heteroatoms. The van der Waals surface area contributed by atoms with Gasteiger partial charge in [0, 0.05) is 25.0 Å². The van der Waals surface area contributed by atoms with E-state index in [-0.39, 0.29) is 18.2 Å². The van der Waals surface area contributed by atoms with Crippen LogP contribution in [0.1, 0.15) is 33.6 Å². The van der Waals surface area contributed by atoms with Crippen molar-refractivity contribution in [2.24, 2.45) is 11.8 Å². The van der Waals surface area contributed by atoms with Crippen molar-refractivity contribution in [3.05, 3.63) is 12.2 Å². The topological polar surface area (TPSA) is 44.8 Å². The maximum atomic E-state index is 11.7. The van der Waals surface area contributed by atoms with E-state index in [1.54, 1.807) is 14.0 Å². The third-order valence-corrected chi connectivity index (χ3v) is 4.07. The highest BCUT2D eigenvalue weighted by Gasteiger charge is 2.54. The molecule has 18 heavy (non-hydrogen) atoms. The van der Waals surface area contributed by atoms with Gasteiger partial charge in [0.1, 0.15) is 12.2 Å². The van der Waals surface area contributed by atoms with Gasteiger partial charge in [-0.1, -0.05) is 13.5 Å². The van der Waals surface area contributed by atoms with Gasteiger partial charge in [-0.15, -0.1) is 0 Å². The van der Waals surface area contributed by atoms with Crippen molar-refractivity contribution in [1.29, 1.82) is 0 Å². The fourth-order valence-corrected chi connectivity index (χ4v) is 3.05. The summed E-state index contributed by atoms with van der Waals surface area (Å²) in [4.78, 5) is 11.7. The third-order valence-electron chi connectivity index (χ3n) is 4.07. The van der Waals surface area contributed by atoms with Crippen LogP contribution >= 0.6 is 0 Å². The molecule has 0 spiro atoms. The van der Waals surface area contributed by atoms with Gasteiger partial charge in [0.05, 0.1) is 0 Å². The molecule has 2 fully saturated rings. The standard InChI is InChI=1S/C14H22O4/c1-8(2)13(15)17-12-10-6-9(3)11(12)18-14(4,7-10)16-5/h9-12H,1,6-7H2,2-5H3. The molecule has 1 aliphatic heterocycles. The second-order valence-corrected chi connectivity index (χ2v) is 5.75. The first-order valence-corrected chi connectivity index (χ1v) is 6.46. The normalized spacial score (nSPS) is 42.7. The summed E-state index contributed by atoms with van der Waals surface area (Å²) in [7, 11) is 1.66. The lowest BCUT2D eigenvalue weighted by Gasteiger charge is -2.41. The smallest absolute Gasteiger partial charge is 0.333 e. The van der Waals surface area contributed by atoms with Crippen LogP contribution in [0.3, 0.4) is 0 Å². The lowest BCUT2D eigenvalue weighted by atomic mass is 9.93. The number of methoxy groups -OCH3 is 1. The van der Waals surface area contributed by atoms with Gasteiger partial charge in [0.2, 0.25) is 0 Å². The van der Waals surface area contributed by atoms with Crippen molar-refractivity contribution in [2.45, 2.75) is 51.6 Å². The van der Waals surface area contributed by atoms with E-state index in [2.05, 4.69) is 13.5 Å². The van der Waals surface area contributed by atoms with Crippen LogP contribution in [0, 0.1) is 11.8 Å². The van der Waals surface area contributed by atoms with Gasteiger partial charge in [0.25, 0.3) is 0 Å². The van der Waals surface area contributed by atoms with Crippen LogP contribution < -0.4 is 0 Å². The second kappa shape index (κ2) is 4.67. The van der Waals surface area contributed by atoms with Crippen molar-refractivity contribution < 1.29 is 19.0 Å². The molecule has 5 atom stereocenters. The number of fused-ring (bicyclic) bond motifs is 2. The number of esters is 1. The van der Waals surface area contributed by atoms with E-state index in [9.17, 15) is 4.79 Å². The van der Waals surface area contributed by atoms with Crippen LogP contribution in [-0.2, 0) is 19.0 Å². The predicted molar refractivity (Wildman–Crippen MR) is 66.9 cm³/mol. The Morgan fingerprint density at radius 3 is 2.67 bits per heavy atom. The van der Waals surface area contributed by atoms with Crippen molar-refractivity contribution in [1.82, 2.24) is 0 Å². The van der Waals surface area contributed by atoms with Crippen molar-refractivity contribution in [3.8, 4) is 0 Å². The Kier molecular flexibility index (Phi) is 3.52. The summed E-state index contributed by atoms with van der Waals surface area (Å²) in [6.45, 7) is 9.36. The Balaban J connectivity index is 2.11. The number of hydrogen-bond donors (Lipinski definition) is 0. The van der Waals surface area contributed by atoms with E-state index in [0.717, 1.165) is 12.8 Å². The monoisotopic (exact) mass is 254 g/mol. The lowest BCUT2D eigenvalue weighted by molar-refractivity contribution is -0.284. The predicted octanol–water partition coefficient (Wildman–Crippen LogP) is 2.28. The molecule has 0 radical (unpaired) electrons. The van der Waals surface area contributed by atoms with Crippen LogP contribution in [0.25, 0.3) is 0 Å². The van der Waals surface area contributed by atoms with E-state index in [0.29, 0.717) is 17.4 Å². The molecule has 5 unspecified atom stereocenters. The molecule has 0 aromatic rings. The minimum Gasteiger partial charge on any atom is -0.456 e. The molecule has 1 aliphatic carbocycles. The average molecular weight is 254 g/mol. The van der Waals surface area contributed by atoms with Crippen molar-refractivity contribution in [3.63, 3.8) is 0 Å². The number of ether oxygens (including phenoxy) is 3. The highest BCUT2D eigenvalue weighted by Crippen LogP contribution is 2.47. The Morgan fingerprint density at radius 1 is 1.50 bits per heavy atom. The van der Waals surface area contributed by atoms with Gasteiger partial charge in [-0.25, -0.2) is 4.79 Å². The van der Waals surface area contributed by atoms with Gasteiger partial charge in [0.15, 0.2) is 5.79 Å². The highest BCUT2D eigenvalue weighted by molar-refractivity contribution is 5.87. The zero-order valence-corrected chi connectivity index (χ0v) is 11.6. The zero-order valence-electron chi connectivity index (χ0n) is 11.6. The summed E-state index contributed by atoms with van der Waals surface area (Å²) in [5.74, 6) is -0.178. The largest absolute Gasteiger partial charge is 0.456 e. The minimum atomic E-state index is -0.549. The van der Waals surface area contributed by atoms with Crippen molar-refractivity contribution >= 4 is 5.97 Å². The molecule has 0 aromatic heterocycles. The molecule has 4 nitrogen and oxygen atoms in total. The molecule has 1 saturated heterocycles. The molecule has 102 valence electrons. The van der Waals surface area contributed by atoms with E-state index in [4.69, 9.17) is 14.2 Å². The van der Waals surface area contributed by atoms with E-state index < -0.39 is 5.79 Å². The minimum absolute atomic E-state index is 0.0722. The zero-order chi connectivity index (χ0) is 13.5. The van der Waals surface area contributed by atoms with Gasteiger partial charge < -0.3 is 14.2 Å². The third kappa shape index (κ3) is 2.31. The number of hydrogen-bond acceptors (Lipinski definition) is 4. The fourth-order valence-electron chi connectivity index (χ4n) is 3.05. The van der Waals surface area contributed by atoms with Gasteiger partial charge in [-0.05, 0) is 26.2 Å².